The summed E-state index contributed by atoms with van der Waals surface area (Å²) in [5.41, 5.74) is -1.87. The summed E-state index contributed by atoms with van der Waals surface area (Å²) < 4.78 is 28.0. The molecule has 10 nitrogen and oxygen atoms in total. The number of piperidine rings is 1. The number of hydrogen-bond acceptors (Lipinski definition) is 6. The van der Waals surface area contributed by atoms with Gasteiger partial charge in [0.05, 0.1) is 5.54 Å². The lowest BCUT2D eigenvalue weighted by Crippen LogP contribution is -2.55. The van der Waals surface area contributed by atoms with Gasteiger partial charge in [-0.05, 0) is 62.1 Å². The number of carbonyl (C=O) groups excluding carboxylic acids is 3. The van der Waals surface area contributed by atoms with Crippen molar-refractivity contribution in [2.75, 3.05) is 13.1 Å². The molecule has 12 heteroatoms. The van der Waals surface area contributed by atoms with Crippen LogP contribution in [0.2, 0.25) is 0 Å². The minimum Gasteiger partial charge on any atom is -0.501 e. The maximum Gasteiger partial charge on any atom is 0.311 e. The van der Waals surface area contributed by atoms with Gasteiger partial charge in [-0.15, -0.1) is 0 Å². The third kappa shape index (κ3) is 4.86. The van der Waals surface area contributed by atoms with Crippen LogP contribution in [0.15, 0.2) is 29.1 Å². The van der Waals surface area contributed by atoms with Crippen LogP contribution >= 0.6 is 0 Å². The maximum atomic E-state index is 13.5. The first-order valence-electron chi connectivity index (χ1n) is 12.8. The Bertz CT molecular complexity index is 1310. The summed E-state index contributed by atoms with van der Waals surface area (Å²) >= 11 is 0. The quantitative estimate of drug-likeness (QED) is 0.514. The van der Waals surface area contributed by atoms with Crippen LogP contribution in [0.1, 0.15) is 60.4 Å². The summed E-state index contributed by atoms with van der Waals surface area (Å²) in [6.07, 6.45) is 1.44. The second-order valence-corrected chi connectivity index (χ2v) is 10.3. The van der Waals surface area contributed by atoms with Gasteiger partial charge in [-0.25, -0.2) is 13.8 Å². The molecule has 1 aromatic carbocycles. The Morgan fingerprint density at radius 1 is 1.08 bits per heavy atom. The highest BCUT2D eigenvalue weighted by Gasteiger charge is 2.47. The highest BCUT2D eigenvalue weighted by molar-refractivity contribution is 6.35. The number of hydrogen-bond donors (Lipinski definition) is 3. The van der Waals surface area contributed by atoms with Crippen LogP contribution in [-0.2, 0) is 28.2 Å². The zero-order chi connectivity index (χ0) is 27.0. The molecule has 6 rings (SSSR count). The Labute approximate surface area is 217 Å². The number of carbonyl (C=O) groups is 3. The van der Waals surface area contributed by atoms with Crippen molar-refractivity contribution in [1.82, 2.24) is 25.1 Å². The summed E-state index contributed by atoms with van der Waals surface area (Å²) in [6, 6.07) is 5.47. The van der Waals surface area contributed by atoms with Gasteiger partial charge in [0.15, 0.2) is 5.69 Å². The first-order valence-corrected chi connectivity index (χ1v) is 12.8. The SMILES string of the molecule is O=C(NC12CCC(CC1)Cn1c2nc(C(=O)NCc2ccc(F)cc2)c(O)c1=O)C(=O)N1CCC(F)CC1. The van der Waals surface area contributed by atoms with Crippen LogP contribution in [0.3, 0.4) is 0 Å². The normalized spacial score (nSPS) is 22.9. The van der Waals surface area contributed by atoms with Crippen LogP contribution in [0.4, 0.5) is 8.78 Å². The van der Waals surface area contributed by atoms with Crippen molar-refractivity contribution >= 4 is 17.7 Å². The molecule has 0 atom stereocenters. The Morgan fingerprint density at radius 2 is 1.74 bits per heavy atom. The minimum absolute atomic E-state index is 0.00662. The monoisotopic (exact) mass is 529 g/mol. The number of aromatic nitrogens is 2. The minimum atomic E-state index is -1.18. The van der Waals surface area contributed by atoms with Gasteiger partial charge < -0.3 is 20.6 Å². The number of benzene rings is 1. The van der Waals surface area contributed by atoms with Crippen molar-refractivity contribution in [3.05, 3.63) is 57.5 Å². The van der Waals surface area contributed by atoms with Gasteiger partial charge in [0.2, 0.25) is 5.75 Å². The number of fused-ring (bicyclic) bond motifs is 2. The summed E-state index contributed by atoms with van der Waals surface area (Å²) in [5.74, 6) is -3.46. The van der Waals surface area contributed by atoms with Gasteiger partial charge >= 0.3 is 11.8 Å². The number of halogens is 2. The van der Waals surface area contributed by atoms with E-state index in [2.05, 4.69) is 15.6 Å². The van der Waals surface area contributed by atoms with Gasteiger partial charge in [-0.1, -0.05) is 12.1 Å². The molecule has 0 unspecified atom stereocenters. The molecule has 1 saturated heterocycles. The highest BCUT2D eigenvalue weighted by atomic mass is 19.1. The van der Waals surface area contributed by atoms with E-state index in [4.69, 9.17) is 0 Å². The van der Waals surface area contributed by atoms with E-state index in [-0.39, 0.29) is 50.8 Å². The summed E-state index contributed by atoms with van der Waals surface area (Å²) in [7, 11) is 0. The number of rotatable bonds is 4. The zero-order valence-electron chi connectivity index (χ0n) is 20.7. The Hall–Kier alpha value is -3.83. The smallest absolute Gasteiger partial charge is 0.311 e. The first-order chi connectivity index (χ1) is 18.2. The van der Waals surface area contributed by atoms with E-state index < -0.39 is 52.3 Å². The average molecular weight is 530 g/mol. The number of nitrogens with one attached hydrogen (secondary N) is 2. The molecule has 1 aliphatic carbocycles. The molecule has 2 aromatic rings. The molecule has 38 heavy (non-hydrogen) atoms. The third-order valence-corrected chi connectivity index (χ3v) is 7.81. The highest BCUT2D eigenvalue weighted by Crippen LogP contribution is 2.43. The molecule has 1 aromatic heterocycles. The molecular formula is C26H29F2N5O5. The number of nitrogens with zero attached hydrogens (tertiary/aromatic N) is 3. The summed E-state index contributed by atoms with van der Waals surface area (Å²) in [6.45, 7) is 0.556. The Kier molecular flexibility index (Phi) is 6.89. The molecule has 0 radical (unpaired) electrons. The Balaban J connectivity index is 1.43. The second-order valence-electron chi connectivity index (χ2n) is 10.3. The van der Waals surface area contributed by atoms with Crippen molar-refractivity contribution in [2.24, 2.45) is 5.92 Å². The largest absolute Gasteiger partial charge is 0.501 e. The van der Waals surface area contributed by atoms with Crippen molar-refractivity contribution in [3.63, 3.8) is 0 Å². The molecular weight excluding hydrogens is 500 g/mol. The van der Waals surface area contributed by atoms with E-state index >= 15 is 0 Å². The summed E-state index contributed by atoms with van der Waals surface area (Å²) in [5, 5.41) is 16.0. The van der Waals surface area contributed by atoms with Crippen LogP contribution < -0.4 is 16.2 Å². The van der Waals surface area contributed by atoms with Gasteiger partial charge in [-0.2, -0.15) is 0 Å². The zero-order valence-corrected chi connectivity index (χ0v) is 20.7. The summed E-state index contributed by atoms with van der Waals surface area (Å²) in [4.78, 5) is 57.8. The molecule has 3 aliphatic heterocycles. The van der Waals surface area contributed by atoms with Gasteiger partial charge in [0.25, 0.3) is 11.5 Å². The molecule has 4 heterocycles. The predicted octanol–water partition coefficient (Wildman–Crippen LogP) is 1.49. The second kappa shape index (κ2) is 10.1. The lowest BCUT2D eigenvalue weighted by atomic mass is 9.77. The molecule has 2 bridgehead atoms. The van der Waals surface area contributed by atoms with E-state index in [1.807, 2.05) is 0 Å². The number of alkyl halides is 1. The fraction of sp³-hybridized carbons (Fsp3) is 0.500. The van der Waals surface area contributed by atoms with E-state index in [0.717, 1.165) is 0 Å². The maximum absolute atomic E-state index is 13.5. The van der Waals surface area contributed by atoms with E-state index in [1.165, 1.54) is 33.7 Å². The van der Waals surface area contributed by atoms with E-state index in [0.29, 0.717) is 31.2 Å². The Morgan fingerprint density at radius 3 is 2.39 bits per heavy atom. The number of amides is 3. The van der Waals surface area contributed by atoms with Crippen LogP contribution in [0, 0.1) is 11.7 Å². The van der Waals surface area contributed by atoms with Crippen molar-refractivity contribution in [1.29, 1.82) is 0 Å². The molecule has 0 spiro atoms. The van der Waals surface area contributed by atoms with E-state index in [1.54, 1.807) is 0 Å². The van der Waals surface area contributed by atoms with Gasteiger partial charge in [0.1, 0.15) is 17.8 Å². The topological polar surface area (TPSA) is 134 Å². The molecule has 2 fully saturated rings. The lowest BCUT2D eigenvalue weighted by molar-refractivity contribution is -0.148. The molecule has 3 N–H and O–H groups in total. The molecule has 202 valence electrons. The average Bonchev–Trinajstić information content (AvgIpc) is 3.16. The number of likely N-dealkylation sites (tertiary alicyclic amines) is 1. The van der Waals surface area contributed by atoms with Gasteiger partial charge in [-0.3, -0.25) is 23.7 Å². The molecule has 3 amide bonds. The molecule has 4 aliphatic rings. The van der Waals surface area contributed by atoms with Crippen molar-refractivity contribution in [3.8, 4) is 5.75 Å². The van der Waals surface area contributed by atoms with Crippen LogP contribution in [0.25, 0.3) is 0 Å². The van der Waals surface area contributed by atoms with Crippen LogP contribution in [-0.4, -0.2) is 56.5 Å². The fourth-order valence-corrected chi connectivity index (χ4v) is 5.59. The number of aromatic hydroxyl groups is 1. The lowest BCUT2D eigenvalue weighted by Gasteiger charge is -2.37. The predicted molar refractivity (Wildman–Crippen MR) is 130 cm³/mol. The fourth-order valence-electron chi connectivity index (χ4n) is 5.59. The first kappa shape index (κ1) is 25.8. The van der Waals surface area contributed by atoms with Gasteiger partial charge in [0, 0.05) is 26.2 Å². The van der Waals surface area contributed by atoms with Crippen molar-refractivity contribution < 1.29 is 28.3 Å². The molecule has 1 saturated carbocycles. The van der Waals surface area contributed by atoms with Crippen LogP contribution in [0.5, 0.6) is 5.75 Å². The van der Waals surface area contributed by atoms with Crippen molar-refractivity contribution in [2.45, 2.75) is 63.3 Å². The standard InChI is InChI=1S/C26H29F2N5O5/c27-17-3-1-15(2-4-17)13-29-21(35)19-20(34)23(37)33-14-16-5-9-26(10-6-16,25(33)30-19)31-22(36)24(38)32-11-7-18(28)8-12-32/h1-4,16,18,34H,5-14H2,(H,29,35)(H,31,36). The third-order valence-electron chi connectivity index (χ3n) is 7.81. The van der Waals surface area contributed by atoms with E-state index in [9.17, 15) is 33.1 Å².